The van der Waals surface area contributed by atoms with Gasteiger partial charge in [-0.05, 0) is 135 Å². The van der Waals surface area contributed by atoms with Crippen LogP contribution in [0, 0.1) is 11.6 Å². The van der Waals surface area contributed by atoms with Crippen molar-refractivity contribution in [2.75, 3.05) is 331 Å². The van der Waals surface area contributed by atoms with E-state index >= 15 is 8.78 Å². The van der Waals surface area contributed by atoms with E-state index in [1.54, 1.807) is 38.5 Å². The maximum Gasteiger partial charge on any atom is 0.494 e. The molecular weight excluding hydrogens is 1580 g/mol. The summed E-state index contributed by atoms with van der Waals surface area (Å²) in [6.45, 7) is 32.1. The molecule has 2 aliphatic rings. The van der Waals surface area contributed by atoms with Gasteiger partial charge in [0.15, 0.2) is 0 Å². The number of unbranched alkanes of at least 4 members (excludes halogenated alkanes) is 1. The molecule has 0 saturated carbocycles. The summed E-state index contributed by atoms with van der Waals surface area (Å²) >= 11 is 0. The second-order valence-electron chi connectivity index (χ2n) is 29.3. The lowest BCUT2D eigenvalue weighted by Crippen LogP contribution is -2.41. The maximum absolute atomic E-state index is 16.9. The number of nitrogens with one attached hydrogen (secondary N) is 1. The Morgan fingerprint density at radius 2 is 0.587 bits per heavy atom. The van der Waals surface area contributed by atoms with Gasteiger partial charge in [-0.3, -0.25) is 4.79 Å². The second-order valence-corrected chi connectivity index (χ2v) is 29.3. The zero-order valence-electron chi connectivity index (χ0n) is 73.4. The van der Waals surface area contributed by atoms with E-state index in [2.05, 4.69) is 23.5 Å². The van der Waals surface area contributed by atoms with Gasteiger partial charge in [-0.25, -0.2) is 8.78 Å². The third-order valence-corrected chi connectivity index (χ3v) is 19.7. The minimum Gasteiger partial charge on any atom is -0.494 e. The molecule has 29 nitrogen and oxygen atoms in total. The Kier molecular flexibility index (Phi) is 58.3. The molecule has 0 bridgehead atoms. The van der Waals surface area contributed by atoms with Crippen LogP contribution in [-0.2, 0) is 133 Å². The van der Waals surface area contributed by atoms with Gasteiger partial charge >= 0.3 is 7.12 Å². The molecule has 1 aliphatic carbocycles. The summed E-state index contributed by atoms with van der Waals surface area (Å²) in [5, 5.41) is 2.79. The van der Waals surface area contributed by atoms with E-state index in [-0.39, 0.29) is 17.0 Å². The van der Waals surface area contributed by atoms with Crippen LogP contribution in [0.5, 0.6) is 5.75 Å². The zero-order valence-corrected chi connectivity index (χ0v) is 73.4. The van der Waals surface area contributed by atoms with Crippen LogP contribution >= 0.6 is 0 Å². The van der Waals surface area contributed by atoms with Crippen LogP contribution in [0.4, 0.5) is 8.78 Å². The summed E-state index contributed by atoms with van der Waals surface area (Å²) in [4.78, 5) is 11.2. The molecule has 1 heterocycles. The Morgan fingerprint density at radius 1 is 0.314 bits per heavy atom. The Balaban J connectivity index is 0.900. The van der Waals surface area contributed by atoms with Crippen LogP contribution in [0.25, 0.3) is 33.4 Å². The molecule has 4 aromatic rings. The summed E-state index contributed by atoms with van der Waals surface area (Å²) in [5.41, 5.74) is 4.58. The van der Waals surface area contributed by atoms with E-state index < -0.39 is 35.4 Å². The van der Waals surface area contributed by atoms with E-state index in [1.807, 2.05) is 45.9 Å². The highest BCUT2D eigenvalue weighted by Crippen LogP contribution is 2.55. The molecule has 1 aliphatic heterocycles. The van der Waals surface area contributed by atoms with Crippen molar-refractivity contribution in [1.29, 1.82) is 0 Å². The first kappa shape index (κ1) is 105. The third-order valence-electron chi connectivity index (χ3n) is 19.7. The SMILES string of the molecule is COCCOCCOCCOCCOCCOCCOCCOCCOCCOCCOCCOCCCC1(CCCOCCOCCOCCOCCOCCOCCOCCOCCOCCOCCOCCOC)c2cc(B3OC(C)(C)C(C)(C)O3)ccc2-c2ccc(-c3cc(F)c(-c4ccc(OCCCCNC(C)=O)cc4)cc3F)cc21. The van der Waals surface area contributed by atoms with Gasteiger partial charge < -0.3 is 133 Å². The lowest BCUT2D eigenvalue weighted by Gasteiger charge is -2.33. The highest BCUT2D eigenvalue weighted by atomic mass is 19.1. The standard InChI is InChI=1S/C89H142BF2NO28/c1-74(94)93-22-8-9-25-119-78-16-12-75(13-17-78)81-72-86(92)82(73-85(81)91)76-14-18-79-80-19-15-77(90-120-87(2,3)88(4,5)121-90)71-84(80)89(83(79)70-76,20-10-23-97-30-32-101-38-40-105-46-48-109-54-56-113-62-64-117-68-66-115-60-58-111-52-50-107-44-42-103-36-34-99-28-26-95-6)21-11-24-98-31-33-102-39-41-106-47-49-110-55-57-114-63-65-118-69-67-116-61-59-112-53-51-108-45-43-104-37-35-100-29-27-96-7/h12-19,70-73H,8-11,20-69H2,1-7H3,(H,93,94). The maximum atomic E-state index is 16.9. The molecule has 0 spiro atoms. The van der Waals surface area contributed by atoms with Gasteiger partial charge in [-0.2, -0.15) is 0 Å². The number of hydrogen-bond acceptors (Lipinski definition) is 28. The fourth-order valence-corrected chi connectivity index (χ4v) is 12.7. The lowest BCUT2D eigenvalue weighted by molar-refractivity contribution is -0.118. The normalized spacial score (nSPS) is 13.9. The smallest absolute Gasteiger partial charge is 0.494 e. The van der Waals surface area contributed by atoms with E-state index in [9.17, 15) is 4.79 Å². The molecule has 121 heavy (non-hydrogen) atoms. The summed E-state index contributed by atoms with van der Waals surface area (Å²) < 4.78 is 187. The number of hydrogen-bond donors (Lipinski definition) is 1. The Labute approximate surface area is 717 Å². The highest BCUT2D eigenvalue weighted by Gasteiger charge is 2.53. The summed E-state index contributed by atoms with van der Waals surface area (Å²) in [5.74, 6) is -0.583. The molecule has 0 aromatic heterocycles. The fraction of sp³-hybridized carbons (Fsp3) is 0.719. The van der Waals surface area contributed by atoms with E-state index in [0.29, 0.717) is 360 Å². The first-order valence-electron chi connectivity index (χ1n) is 43.1. The molecule has 1 amide bonds. The number of carbonyl (C=O) groups excluding carboxylic acids is 1. The third kappa shape index (κ3) is 44.8. The minimum atomic E-state index is -0.634. The minimum absolute atomic E-state index is 0.0731. The number of rotatable bonds is 83. The number of amides is 1. The van der Waals surface area contributed by atoms with Gasteiger partial charge in [-0.1, -0.05) is 42.5 Å². The van der Waals surface area contributed by atoms with E-state index in [0.717, 1.165) is 40.6 Å². The zero-order chi connectivity index (χ0) is 86.1. The van der Waals surface area contributed by atoms with Crippen molar-refractivity contribution in [3.63, 3.8) is 0 Å². The monoisotopic (exact) mass is 1720 g/mol. The molecule has 32 heteroatoms. The Hall–Kier alpha value is -4.97. The molecular formula is C89H142BF2NO28. The van der Waals surface area contributed by atoms with Gasteiger partial charge in [0.25, 0.3) is 0 Å². The largest absolute Gasteiger partial charge is 0.494 e. The van der Waals surface area contributed by atoms with Crippen molar-refractivity contribution < 1.29 is 141 Å². The lowest BCUT2D eigenvalue weighted by atomic mass is 9.69. The van der Waals surface area contributed by atoms with Crippen LogP contribution < -0.4 is 15.5 Å². The molecule has 0 radical (unpaired) electrons. The van der Waals surface area contributed by atoms with Crippen LogP contribution in [-0.4, -0.2) is 356 Å². The number of benzene rings is 4. The van der Waals surface area contributed by atoms with Crippen molar-refractivity contribution in [2.45, 2.75) is 89.8 Å². The van der Waals surface area contributed by atoms with Crippen molar-refractivity contribution in [3.05, 3.63) is 95.6 Å². The number of methoxy groups -OCH3 is 2. The number of ether oxygens (including phenoxy) is 25. The topological polar surface area (TPSA) is 278 Å². The molecule has 688 valence electrons. The summed E-state index contributed by atoms with van der Waals surface area (Å²) in [6, 6.07) is 21.9. The van der Waals surface area contributed by atoms with E-state index in [4.69, 9.17) is 128 Å². The molecule has 0 unspecified atom stereocenters. The Morgan fingerprint density at radius 3 is 0.893 bits per heavy atom. The predicted octanol–water partition coefficient (Wildman–Crippen LogP) is 9.38. The predicted molar refractivity (Wildman–Crippen MR) is 453 cm³/mol. The van der Waals surface area contributed by atoms with Crippen molar-refractivity contribution >= 4 is 18.5 Å². The van der Waals surface area contributed by atoms with Gasteiger partial charge in [0.1, 0.15) is 17.4 Å². The van der Waals surface area contributed by atoms with Crippen molar-refractivity contribution in [2.24, 2.45) is 0 Å². The van der Waals surface area contributed by atoms with Gasteiger partial charge in [0.05, 0.1) is 309 Å². The average molecular weight is 1720 g/mol. The average Bonchev–Trinajstić information content (AvgIpc) is 1.56. The Bertz CT molecular complexity index is 3130. The molecule has 1 N–H and O–H groups in total. The molecule has 4 aromatic carbocycles. The molecule has 1 fully saturated rings. The fourth-order valence-electron chi connectivity index (χ4n) is 12.7. The first-order chi connectivity index (χ1) is 59.3. The summed E-state index contributed by atoms with van der Waals surface area (Å²) in [6.07, 6.45) is 4.15. The van der Waals surface area contributed by atoms with Crippen LogP contribution in [0.3, 0.4) is 0 Å². The van der Waals surface area contributed by atoms with Crippen LogP contribution in [0.15, 0.2) is 72.8 Å². The second kappa shape index (κ2) is 67.3. The molecule has 0 atom stereocenters. The van der Waals surface area contributed by atoms with Crippen molar-refractivity contribution in [3.8, 4) is 39.1 Å². The highest BCUT2D eigenvalue weighted by molar-refractivity contribution is 6.62. The molecule has 1 saturated heterocycles. The first-order valence-corrected chi connectivity index (χ1v) is 43.1. The number of fused-ring (bicyclic) bond motifs is 3. The summed E-state index contributed by atoms with van der Waals surface area (Å²) in [7, 11) is 2.65. The number of carbonyl (C=O) groups is 1. The van der Waals surface area contributed by atoms with E-state index in [1.165, 1.54) is 19.1 Å². The van der Waals surface area contributed by atoms with Crippen LogP contribution in [0.1, 0.15) is 84.3 Å². The molecule has 6 rings (SSSR count). The van der Waals surface area contributed by atoms with Gasteiger partial charge in [-0.15, -0.1) is 0 Å². The van der Waals surface area contributed by atoms with Gasteiger partial charge in [0, 0.05) is 57.4 Å². The van der Waals surface area contributed by atoms with Crippen molar-refractivity contribution in [1.82, 2.24) is 5.32 Å². The quantitative estimate of drug-likeness (QED) is 0.0318. The van der Waals surface area contributed by atoms with Gasteiger partial charge in [0.2, 0.25) is 5.91 Å². The van der Waals surface area contributed by atoms with Crippen LogP contribution in [0.2, 0.25) is 0 Å². The number of halogens is 2.